The van der Waals surface area contributed by atoms with Crippen LogP contribution in [0.2, 0.25) is 0 Å². The predicted molar refractivity (Wildman–Crippen MR) is 70.1 cm³/mol. The zero-order valence-electron chi connectivity index (χ0n) is 11.0. The van der Waals surface area contributed by atoms with Gasteiger partial charge in [-0.15, -0.1) is 0 Å². The van der Waals surface area contributed by atoms with Crippen LogP contribution in [-0.2, 0) is 0 Å². The van der Waals surface area contributed by atoms with E-state index < -0.39 is 0 Å². The van der Waals surface area contributed by atoms with Gasteiger partial charge in [0.25, 0.3) is 0 Å². The maximum absolute atomic E-state index is 13.0. The smallest absolute Gasteiger partial charge is 0.123 e. The molecule has 0 saturated carbocycles. The summed E-state index contributed by atoms with van der Waals surface area (Å²) in [6.07, 6.45) is 0. The van der Waals surface area contributed by atoms with Gasteiger partial charge in [-0.25, -0.2) is 4.39 Å². The van der Waals surface area contributed by atoms with Crippen LogP contribution in [-0.4, -0.2) is 6.54 Å². The van der Waals surface area contributed by atoms with E-state index >= 15 is 0 Å². The molecule has 0 spiro atoms. The highest BCUT2D eigenvalue weighted by molar-refractivity contribution is 5.34. The number of hydrogen-bond acceptors (Lipinski definition) is 2. The van der Waals surface area contributed by atoms with Crippen LogP contribution in [0.1, 0.15) is 35.6 Å². The summed E-state index contributed by atoms with van der Waals surface area (Å²) in [5.41, 5.74) is 2.16. The molecule has 1 heterocycles. The summed E-state index contributed by atoms with van der Waals surface area (Å²) in [6, 6.07) is 8.68. The monoisotopic (exact) mass is 247 g/mol. The van der Waals surface area contributed by atoms with Crippen LogP contribution in [0.4, 0.5) is 4.39 Å². The fourth-order valence-electron chi connectivity index (χ4n) is 2.20. The quantitative estimate of drug-likeness (QED) is 0.890. The molecule has 2 aromatic rings. The SMILES string of the molecule is CCNC(c1ccc(F)cc1)c1cc(C)oc1C. The minimum absolute atomic E-state index is 0.0491. The van der Waals surface area contributed by atoms with Gasteiger partial charge in [0.2, 0.25) is 0 Å². The molecule has 0 saturated heterocycles. The highest BCUT2D eigenvalue weighted by atomic mass is 19.1. The molecule has 1 unspecified atom stereocenters. The molecule has 0 radical (unpaired) electrons. The van der Waals surface area contributed by atoms with Crippen LogP contribution in [0.3, 0.4) is 0 Å². The Bertz CT molecular complexity index is 516. The van der Waals surface area contributed by atoms with Crippen LogP contribution in [0.5, 0.6) is 0 Å². The Labute approximate surface area is 107 Å². The second-order valence-corrected chi connectivity index (χ2v) is 4.41. The first kappa shape index (κ1) is 12.8. The van der Waals surface area contributed by atoms with Gasteiger partial charge in [-0.3, -0.25) is 0 Å². The fourth-order valence-corrected chi connectivity index (χ4v) is 2.20. The first-order valence-electron chi connectivity index (χ1n) is 6.17. The Hall–Kier alpha value is -1.61. The zero-order chi connectivity index (χ0) is 13.1. The summed E-state index contributed by atoms with van der Waals surface area (Å²) >= 11 is 0. The van der Waals surface area contributed by atoms with Gasteiger partial charge in [-0.2, -0.15) is 0 Å². The lowest BCUT2D eigenvalue weighted by molar-refractivity contribution is 0.495. The van der Waals surface area contributed by atoms with Crippen molar-refractivity contribution in [2.75, 3.05) is 6.54 Å². The Kier molecular flexibility index (Phi) is 3.82. The molecule has 1 aromatic carbocycles. The lowest BCUT2D eigenvalue weighted by atomic mass is 9.99. The fraction of sp³-hybridized carbons (Fsp3) is 0.333. The van der Waals surface area contributed by atoms with Gasteiger partial charge in [-0.1, -0.05) is 19.1 Å². The van der Waals surface area contributed by atoms with Crippen molar-refractivity contribution >= 4 is 0 Å². The van der Waals surface area contributed by atoms with Crippen LogP contribution in [0.25, 0.3) is 0 Å². The Balaban J connectivity index is 2.39. The van der Waals surface area contributed by atoms with Crippen molar-refractivity contribution in [3.05, 3.63) is 58.8 Å². The number of furan rings is 1. The average molecular weight is 247 g/mol. The molecule has 3 heteroatoms. The molecule has 0 amide bonds. The van der Waals surface area contributed by atoms with Crippen LogP contribution < -0.4 is 5.32 Å². The van der Waals surface area contributed by atoms with E-state index in [2.05, 4.69) is 12.2 Å². The van der Waals surface area contributed by atoms with E-state index in [1.165, 1.54) is 12.1 Å². The van der Waals surface area contributed by atoms with Crippen LogP contribution in [0, 0.1) is 19.7 Å². The molecule has 0 fully saturated rings. The van der Waals surface area contributed by atoms with E-state index in [0.29, 0.717) is 0 Å². The first-order valence-corrected chi connectivity index (χ1v) is 6.17. The molecule has 18 heavy (non-hydrogen) atoms. The molecule has 0 aliphatic rings. The maximum atomic E-state index is 13.0. The number of nitrogens with one attached hydrogen (secondary N) is 1. The number of aryl methyl sites for hydroxylation is 2. The predicted octanol–water partition coefficient (Wildman–Crippen LogP) is 3.73. The zero-order valence-corrected chi connectivity index (χ0v) is 11.0. The summed E-state index contributed by atoms with van der Waals surface area (Å²) in [7, 11) is 0. The molecule has 0 aliphatic carbocycles. The lowest BCUT2D eigenvalue weighted by Crippen LogP contribution is -2.22. The molecule has 96 valence electrons. The highest BCUT2D eigenvalue weighted by Gasteiger charge is 2.18. The molecule has 2 rings (SSSR count). The summed E-state index contributed by atoms with van der Waals surface area (Å²) in [6.45, 7) is 6.78. The van der Waals surface area contributed by atoms with Gasteiger partial charge < -0.3 is 9.73 Å². The molecule has 1 N–H and O–H groups in total. The van der Waals surface area contributed by atoms with Crippen molar-refractivity contribution in [1.82, 2.24) is 5.32 Å². The Morgan fingerprint density at radius 1 is 1.22 bits per heavy atom. The molecular weight excluding hydrogens is 229 g/mol. The summed E-state index contributed by atoms with van der Waals surface area (Å²) in [5.74, 6) is 1.59. The third kappa shape index (κ3) is 2.62. The molecule has 0 aliphatic heterocycles. The summed E-state index contributed by atoms with van der Waals surface area (Å²) in [4.78, 5) is 0. The van der Waals surface area contributed by atoms with E-state index in [1.54, 1.807) is 0 Å². The minimum Gasteiger partial charge on any atom is -0.466 e. The van der Waals surface area contributed by atoms with E-state index in [9.17, 15) is 4.39 Å². The normalized spacial score (nSPS) is 12.7. The van der Waals surface area contributed by atoms with Crippen molar-refractivity contribution in [1.29, 1.82) is 0 Å². The van der Waals surface area contributed by atoms with Gasteiger partial charge in [0.1, 0.15) is 17.3 Å². The number of rotatable bonds is 4. The van der Waals surface area contributed by atoms with Crippen molar-refractivity contribution < 1.29 is 8.81 Å². The van der Waals surface area contributed by atoms with E-state index in [0.717, 1.165) is 29.2 Å². The molecule has 1 atom stereocenters. The van der Waals surface area contributed by atoms with Gasteiger partial charge in [-0.05, 0) is 44.2 Å². The molecule has 1 aromatic heterocycles. The first-order chi connectivity index (χ1) is 8.61. The second-order valence-electron chi connectivity index (χ2n) is 4.41. The van der Waals surface area contributed by atoms with Crippen molar-refractivity contribution in [2.24, 2.45) is 0 Å². The third-order valence-corrected chi connectivity index (χ3v) is 3.00. The molecular formula is C15H18FNO. The van der Waals surface area contributed by atoms with E-state index in [-0.39, 0.29) is 11.9 Å². The second kappa shape index (κ2) is 5.36. The van der Waals surface area contributed by atoms with Crippen LogP contribution >= 0.6 is 0 Å². The lowest BCUT2D eigenvalue weighted by Gasteiger charge is -2.17. The van der Waals surface area contributed by atoms with Crippen LogP contribution in [0.15, 0.2) is 34.7 Å². The number of hydrogen-bond donors (Lipinski definition) is 1. The summed E-state index contributed by atoms with van der Waals surface area (Å²) < 4.78 is 18.6. The van der Waals surface area contributed by atoms with Gasteiger partial charge >= 0.3 is 0 Å². The Morgan fingerprint density at radius 2 is 1.89 bits per heavy atom. The van der Waals surface area contributed by atoms with Crippen molar-refractivity contribution in [3.8, 4) is 0 Å². The van der Waals surface area contributed by atoms with Crippen molar-refractivity contribution in [3.63, 3.8) is 0 Å². The highest BCUT2D eigenvalue weighted by Crippen LogP contribution is 2.27. The number of halogens is 1. The summed E-state index contributed by atoms with van der Waals surface area (Å²) in [5, 5.41) is 3.41. The third-order valence-electron chi connectivity index (χ3n) is 3.00. The maximum Gasteiger partial charge on any atom is 0.123 e. The van der Waals surface area contributed by atoms with Crippen molar-refractivity contribution in [2.45, 2.75) is 26.8 Å². The Morgan fingerprint density at radius 3 is 2.39 bits per heavy atom. The van der Waals surface area contributed by atoms with Gasteiger partial charge in [0.05, 0.1) is 6.04 Å². The molecule has 2 nitrogen and oxygen atoms in total. The van der Waals surface area contributed by atoms with E-state index in [4.69, 9.17) is 4.42 Å². The average Bonchev–Trinajstić information content (AvgIpc) is 2.67. The van der Waals surface area contributed by atoms with Gasteiger partial charge in [0.15, 0.2) is 0 Å². The molecule has 0 bridgehead atoms. The standard InChI is InChI=1S/C15H18FNO/c1-4-17-15(12-5-7-13(16)8-6-12)14-9-10(2)18-11(14)3/h5-9,15,17H,4H2,1-3H3. The van der Waals surface area contributed by atoms with Gasteiger partial charge in [0, 0.05) is 5.56 Å². The van der Waals surface area contributed by atoms with E-state index in [1.807, 2.05) is 32.0 Å². The number of benzene rings is 1. The largest absolute Gasteiger partial charge is 0.466 e. The topological polar surface area (TPSA) is 25.2 Å². The minimum atomic E-state index is -0.214.